The number of nitrogens with zero attached hydrogens (tertiary/aromatic N) is 2. The van der Waals surface area contributed by atoms with Crippen LogP contribution in [0.25, 0.3) is 11.4 Å². The van der Waals surface area contributed by atoms with E-state index in [1.807, 2.05) is 24.5 Å². The smallest absolute Gasteiger partial charge is 0.159 e. The summed E-state index contributed by atoms with van der Waals surface area (Å²) in [5.74, 6) is 3.61. The fourth-order valence-electron chi connectivity index (χ4n) is 4.53. The van der Waals surface area contributed by atoms with Crippen LogP contribution >= 0.6 is 0 Å². The maximum absolute atomic E-state index is 5.86. The van der Waals surface area contributed by atoms with E-state index in [9.17, 15) is 0 Å². The van der Waals surface area contributed by atoms with Crippen molar-refractivity contribution in [1.82, 2.24) is 9.97 Å². The number of aryl methyl sites for hydroxylation is 1. The Morgan fingerprint density at radius 1 is 0.833 bits per heavy atom. The van der Waals surface area contributed by atoms with Gasteiger partial charge >= 0.3 is 0 Å². The minimum atomic E-state index is 0.799. The summed E-state index contributed by atoms with van der Waals surface area (Å²) in [4.78, 5) is 9.24. The third-order valence-corrected chi connectivity index (χ3v) is 6.72. The largest absolute Gasteiger partial charge is 0.494 e. The lowest BCUT2D eigenvalue weighted by Crippen LogP contribution is -2.14. The second-order valence-electron chi connectivity index (χ2n) is 9.04. The molecule has 1 aliphatic carbocycles. The average molecular weight is 409 g/mol. The summed E-state index contributed by atoms with van der Waals surface area (Å²) in [5, 5.41) is 0. The van der Waals surface area contributed by atoms with Crippen molar-refractivity contribution in [1.29, 1.82) is 0 Å². The number of ether oxygens (including phenoxy) is 1. The highest BCUT2D eigenvalue weighted by molar-refractivity contribution is 5.55. The Morgan fingerprint density at radius 3 is 2.17 bits per heavy atom. The molecule has 0 amide bonds. The topological polar surface area (TPSA) is 35.0 Å². The number of aromatic nitrogens is 2. The monoisotopic (exact) mass is 408 g/mol. The van der Waals surface area contributed by atoms with Crippen molar-refractivity contribution in [3.63, 3.8) is 0 Å². The summed E-state index contributed by atoms with van der Waals surface area (Å²) in [5.41, 5.74) is 2.31. The van der Waals surface area contributed by atoms with Gasteiger partial charge < -0.3 is 4.74 Å². The number of benzene rings is 1. The molecule has 0 spiro atoms. The Hall–Kier alpha value is -1.90. The molecule has 0 saturated heterocycles. The normalized spacial score (nSPS) is 19.0. The number of unbranched alkanes of at least 4 members (excludes halogenated alkanes) is 4. The molecule has 164 valence electrons. The van der Waals surface area contributed by atoms with Crippen LogP contribution in [0.1, 0.15) is 90.0 Å². The van der Waals surface area contributed by atoms with Gasteiger partial charge in [0, 0.05) is 18.0 Å². The van der Waals surface area contributed by atoms with E-state index in [1.54, 1.807) is 0 Å². The van der Waals surface area contributed by atoms with Gasteiger partial charge in [0.05, 0.1) is 6.61 Å². The van der Waals surface area contributed by atoms with Crippen LogP contribution in [0, 0.1) is 11.8 Å². The highest BCUT2D eigenvalue weighted by atomic mass is 16.5. The van der Waals surface area contributed by atoms with Crippen molar-refractivity contribution in [3.05, 3.63) is 42.2 Å². The lowest BCUT2D eigenvalue weighted by atomic mass is 9.79. The van der Waals surface area contributed by atoms with Crippen molar-refractivity contribution < 1.29 is 4.74 Å². The van der Waals surface area contributed by atoms with E-state index in [4.69, 9.17) is 4.74 Å². The van der Waals surface area contributed by atoms with E-state index in [-0.39, 0.29) is 0 Å². The zero-order valence-electron chi connectivity index (χ0n) is 19.1. The van der Waals surface area contributed by atoms with Crippen molar-refractivity contribution in [2.75, 3.05) is 6.61 Å². The maximum Gasteiger partial charge on any atom is 0.159 e. The quantitative estimate of drug-likeness (QED) is 0.338. The summed E-state index contributed by atoms with van der Waals surface area (Å²) in [6, 6.07) is 8.19. The standard InChI is InChI=1S/C27H40N2O/c1-3-5-6-7-8-19-30-26-17-15-25(16-18-26)27-28-20-24(21-29-27)14-13-23-11-9-22(4-2)10-12-23/h15-18,20-23H,3-14,19H2,1-2H3/t22-,23-. The molecule has 1 aliphatic rings. The van der Waals surface area contributed by atoms with E-state index < -0.39 is 0 Å². The van der Waals surface area contributed by atoms with Crippen LogP contribution in [0.3, 0.4) is 0 Å². The van der Waals surface area contributed by atoms with Crippen LogP contribution in [-0.4, -0.2) is 16.6 Å². The molecule has 0 radical (unpaired) electrons. The fraction of sp³-hybridized carbons (Fsp3) is 0.630. The molecule has 30 heavy (non-hydrogen) atoms. The van der Waals surface area contributed by atoms with Crippen LogP contribution in [0.4, 0.5) is 0 Å². The molecule has 0 bridgehead atoms. The number of rotatable bonds is 12. The lowest BCUT2D eigenvalue weighted by molar-refractivity contribution is 0.258. The third-order valence-electron chi connectivity index (χ3n) is 6.72. The first kappa shape index (κ1) is 22.8. The first-order valence-electron chi connectivity index (χ1n) is 12.3. The minimum absolute atomic E-state index is 0.799. The van der Waals surface area contributed by atoms with Gasteiger partial charge in [-0.2, -0.15) is 0 Å². The molecule has 1 heterocycles. The average Bonchev–Trinajstić information content (AvgIpc) is 2.81. The molecular formula is C27H40N2O. The Kier molecular flexibility index (Phi) is 9.66. The molecule has 1 saturated carbocycles. The zero-order valence-corrected chi connectivity index (χ0v) is 19.1. The predicted octanol–water partition coefficient (Wildman–Crippen LogP) is 7.64. The summed E-state index contributed by atoms with van der Waals surface area (Å²) in [6.07, 6.45) is 19.7. The van der Waals surface area contributed by atoms with Crippen LogP contribution in [0.5, 0.6) is 5.75 Å². The van der Waals surface area contributed by atoms with Gasteiger partial charge in [-0.1, -0.05) is 71.6 Å². The van der Waals surface area contributed by atoms with Gasteiger partial charge in [0.1, 0.15) is 5.75 Å². The molecule has 3 rings (SSSR count). The molecule has 2 aromatic rings. The highest BCUT2D eigenvalue weighted by Crippen LogP contribution is 2.33. The molecule has 0 atom stereocenters. The van der Waals surface area contributed by atoms with Gasteiger partial charge in [-0.15, -0.1) is 0 Å². The van der Waals surface area contributed by atoms with E-state index in [0.29, 0.717) is 0 Å². The first-order chi connectivity index (χ1) is 14.8. The van der Waals surface area contributed by atoms with Crippen LogP contribution in [0.15, 0.2) is 36.7 Å². The molecule has 1 fully saturated rings. The predicted molar refractivity (Wildman–Crippen MR) is 126 cm³/mol. The van der Waals surface area contributed by atoms with E-state index >= 15 is 0 Å². The molecule has 0 aliphatic heterocycles. The summed E-state index contributed by atoms with van der Waals surface area (Å²) in [6.45, 7) is 5.38. The van der Waals surface area contributed by atoms with Crippen molar-refractivity contribution in [2.45, 2.75) is 90.9 Å². The van der Waals surface area contributed by atoms with Crippen LogP contribution in [-0.2, 0) is 6.42 Å². The first-order valence-corrected chi connectivity index (χ1v) is 12.3. The van der Waals surface area contributed by atoms with Crippen molar-refractivity contribution in [3.8, 4) is 17.1 Å². The molecule has 3 nitrogen and oxygen atoms in total. The summed E-state index contributed by atoms with van der Waals surface area (Å²) >= 11 is 0. The van der Waals surface area contributed by atoms with Crippen LogP contribution in [0.2, 0.25) is 0 Å². The van der Waals surface area contributed by atoms with Crippen molar-refractivity contribution in [2.24, 2.45) is 11.8 Å². The fourth-order valence-corrected chi connectivity index (χ4v) is 4.53. The van der Waals surface area contributed by atoms with Gasteiger partial charge in [-0.3, -0.25) is 0 Å². The van der Waals surface area contributed by atoms with Gasteiger partial charge in [0.25, 0.3) is 0 Å². The lowest BCUT2D eigenvalue weighted by Gasteiger charge is -2.27. The van der Waals surface area contributed by atoms with E-state index in [1.165, 1.54) is 69.8 Å². The SMILES string of the molecule is CCCCCCCOc1ccc(-c2ncc(CC[C@H]3CC[C@H](CC)CC3)cn2)cc1. The highest BCUT2D eigenvalue weighted by Gasteiger charge is 2.19. The molecule has 0 N–H and O–H groups in total. The maximum atomic E-state index is 5.86. The third kappa shape index (κ3) is 7.41. The second-order valence-corrected chi connectivity index (χ2v) is 9.04. The van der Waals surface area contributed by atoms with Gasteiger partial charge in [0.2, 0.25) is 0 Å². The van der Waals surface area contributed by atoms with Crippen molar-refractivity contribution >= 4 is 0 Å². The van der Waals surface area contributed by atoms with Gasteiger partial charge in [-0.05, 0) is 60.9 Å². The Bertz CT molecular complexity index is 703. The molecule has 3 heteroatoms. The molecule has 1 aromatic carbocycles. The molecular weight excluding hydrogens is 368 g/mol. The van der Waals surface area contributed by atoms with Gasteiger partial charge in [-0.25, -0.2) is 9.97 Å². The zero-order chi connectivity index (χ0) is 21.0. The Morgan fingerprint density at radius 2 is 1.50 bits per heavy atom. The van der Waals surface area contributed by atoms with E-state index in [2.05, 4.69) is 35.9 Å². The summed E-state index contributed by atoms with van der Waals surface area (Å²) in [7, 11) is 0. The summed E-state index contributed by atoms with van der Waals surface area (Å²) < 4.78 is 5.86. The number of hydrogen-bond acceptors (Lipinski definition) is 3. The molecule has 0 unspecified atom stereocenters. The Labute approximate surface area is 183 Å². The Balaban J connectivity index is 1.41. The van der Waals surface area contributed by atoms with Crippen LogP contribution < -0.4 is 4.74 Å². The second kappa shape index (κ2) is 12.7. The number of hydrogen-bond donors (Lipinski definition) is 0. The van der Waals surface area contributed by atoms with Gasteiger partial charge in [0.15, 0.2) is 5.82 Å². The minimum Gasteiger partial charge on any atom is -0.494 e. The van der Waals surface area contributed by atoms with E-state index in [0.717, 1.165) is 48.4 Å². The molecule has 1 aromatic heterocycles.